The van der Waals surface area contributed by atoms with Crippen molar-refractivity contribution in [1.82, 2.24) is 39.7 Å². The van der Waals surface area contributed by atoms with Crippen molar-refractivity contribution in [3.8, 4) is 11.1 Å². The number of carbonyl (C=O) groups is 1. The largest absolute Gasteiger partial charge is 0.383 e. The molecular formula is C32H29F6N9O. The average Bonchev–Trinajstić information content (AvgIpc) is 3.30. The molecule has 2 aliphatic rings. The van der Waals surface area contributed by atoms with Crippen LogP contribution in [0.25, 0.3) is 16.9 Å². The molecule has 4 aromatic heterocycles. The number of hydrogen-bond acceptors (Lipinski definition) is 7. The van der Waals surface area contributed by atoms with E-state index in [-0.39, 0.29) is 46.3 Å². The molecule has 1 fully saturated rings. The molecule has 1 saturated carbocycles. The maximum Gasteiger partial charge on any atom is 0.293 e. The highest BCUT2D eigenvalue weighted by Crippen LogP contribution is 2.71. The third-order valence-electron chi connectivity index (χ3n) is 9.15. The van der Waals surface area contributed by atoms with E-state index in [1.165, 1.54) is 10.8 Å². The van der Waals surface area contributed by atoms with Crippen molar-refractivity contribution in [2.75, 3.05) is 5.73 Å². The Hall–Kier alpha value is -5.02. The van der Waals surface area contributed by atoms with Gasteiger partial charge < -0.3 is 11.1 Å². The Balaban J connectivity index is 1.31. The van der Waals surface area contributed by atoms with Gasteiger partial charge in [0.15, 0.2) is 0 Å². The first-order valence-electron chi connectivity index (χ1n) is 15.2. The van der Waals surface area contributed by atoms with Gasteiger partial charge >= 0.3 is 0 Å². The van der Waals surface area contributed by atoms with Crippen molar-refractivity contribution >= 4 is 17.5 Å². The predicted octanol–water partition coefficient (Wildman–Crippen LogP) is 5.86. The third kappa shape index (κ3) is 5.13. The highest BCUT2D eigenvalue weighted by molar-refractivity contribution is 5.80. The van der Waals surface area contributed by atoms with Crippen LogP contribution >= 0.6 is 0 Å². The zero-order valence-electron chi connectivity index (χ0n) is 25.8. The summed E-state index contributed by atoms with van der Waals surface area (Å²) in [5.74, 6) is -8.30. The van der Waals surface area contributed by atoms with Crippen LogP contribution in [0.5, 0.6) is 0 Å². The Morgan fingerprint density at radius 3 is 2.46 bits per heavy atom. The molecule has 4 heterocycles. The number of amides is 1. The molecule has 0 spiro atoms. The molecular weight excluding hydrogens is 640 g/mol. The minimum Gasteiger partial charge on any atom is -0.383 e. The first-order chi connectivity index (χ1) is 22.8. The van der Waals surface area contributed by atoms with Gasteiger partial charge in [-0.25, -0.2) is 22.5 Å². The first kappa shape index (κ1) is 31.6. The van der Waals surface area contributed by atoms with Gasteiger partial charge in [0.2, 0.25) is 5.91 Å². The molecule has 48 heavy (non-hydrogen) atoms. The highest BCUT2D eigenvalue weighted by Gasteiger charge is 2.71. The van der Waals surface area contributed by atoms with Gasteiger partial charge in [0.05, 0.1) is 11.7 Å². The lowest BCUT2D eigenvalue weighted by Crippen LogP contribution is -2.35. The van der Waals surface area contributed by atoms with Gasteiger partial charge in [-0.1, -0.05) is 26.8 Å². The molecule has 10 nitrogen and oxygen atoms in total. The summed E-state index contributed by atoms with van der Waals surface area (Å²) >= 11 is 0. The summed E-state index contributed by atoms with van der Waals surface area (Å²) in [4.78, 5) is 26.9. The molecule has 0 aliphatic heterocycles. The number of aromatic nitrogens is 7. The second-order valence-corrected chi connectivity index (χ2v) is 12.6. The first-order valence-corrected chi connectivity index (χ1v) is 15.2. The molecule has 0 radical (unpaired) electrons. The van der Waals surface area contributed by atoms with Crippen molar-refractivity contribution < 1.29 is 31.1 Å². The maximum atomic E-state index is 15.4. The second-order valence-electron chi connectivity index (χ2n) is 12.6. The number of nitrogens with two attached hydrogens (primary N) is 1. The molecule has 3 N–H and O–H groups in total. The number of carbonyl (C=O) groups excluding carboxylic acids is 1. The molecule has 2 aliphatic carbocycles. The van der Waals surface area contributed by atoms with E-state index >= 15 is 8.78 Å². The quantitative estimate of drug-likeness (QED) is 0.188. The number of fused-ring (bicyclic) bond motifs is 4. The topological polar surface area (TPSA) is 129 Å². The number of nitrogen functional groups attached to an aromatic ring is 1. The van der Waals surface area contributed by atoms with E-state index in [9.17, 15) is 22.4 Å². The van der Waals surface area contributed by atoms with Crippen molar-refractivity contribution in [3.05, 3.63) is 88.4 Å². The van der Waals surface area contributed by atoms with Crippen LogP contribution in [0.3, 0.4) is 0 Å². The zero-order chi connectivity index (χ0) is 34.2. The maximum absolute atomic E-state index is 15.4. The van der Waals surface area contributed by atoms with Gasteiger partial charge in [-0.15, -0.1) is 0 Å². The number of nitrogens with zero attached hydrogens (tertiary/aromatic N) is 7. The lowest BCUT2D eigenvalue weighted by Gasteiger charge is -2.23. The molecule has 7 rings (SSSR count). The number of hydrogen-bond donors (Lipinski definition) is 2. The fraction of sp³-hybridized carbons (Fsp3) is 0.375. The summed E-state index contributed by atoms with van der Waals surface area (Å²) in [7, 11) is 0. The van der Waals surface area contributed by atoms with Gasteiger partial charge in [-0.05, 0) is 42.0 Å². The molecule has 2 unspecified atom stereocenters. The minimum absolute atomic E-state index is 0.0436. The van der Waals surface area contributed by atoms with E-state index in [1.54, 1.807) is 25.3 Å². The van der Waals surface area contributed by atoms with Crippen LogP contribution in [0.4, 0.5) is 32.2 Å². The Morgan fingerprint density at radius 1 is 1.08 bits per heavy atom. The fourth-order valence-electron chi connectivity index (χ4n) is 6.95. The number of benzene rings is 1. The number of halogens is 6. The van der Waals surface area contributed by atoms with Crippen molar-refractivity contribution in [2.45, 2.75) is 64.0 Å². The molecule has 5 aromatic rings. The third-order valence-corrected chi connectivity index (χ3v) is 9.15. The van der Waals surface area contributed by atoms with Crippen molar-refractivity contribution in [1.29, 1.82) is 0 Å². The fourth-order valence-corrected chi connectivity index (χ4v) is 6.95. The zero-order valence-corrected chi connectivity index (χ0v) is 25.8. The van der Waals surface area contributed by atoms with E-state index in [0.717, 1.165) is 17.8 Å². The van der Waals surface area contributed by atoms with Gasteiger partial charge in [0.1, 0.15) is 41.7 Å². The predicted molar refractivity (Wildman–Crippen MR) is 160 cm³/mol. The molecule has 0 bridgehead atoms. The molecule has 0 saturated heterocycles. The van der Waals surface area contributed by atoms with Crippen LogP contribution in [0.15, 0.2) is 42.9 Å². The Morgan fingerprint density at radius 2 is 1.81 bits per heavy atom. The van der Waals surface area contributed by atoms with E-state index < -0.39 is 71.6 Å². The molecule has 1 amide bonds. The Kier molecular flexibility index (Phi) is 7.43. The molecule has 4 atom stereocenters. The van der Waals surface area contributed by atoms with Gasteiger partial charge in [0.25, 0.3) is 18.1 Å². The SMILES string of the molecule is CC(C)c1ccc(-c2c([C@H](Cc3cc(F)cc(F)c3)NC(=O)Cn3nc(C(F)F)c4c3C(F)(F)C3C4[C@H]3C)nc3ncnn3c2N)cn1. The number of anilines is 1. The summed E-state index contributed by atoms with van der Waals surface area (Å²) in [5.41, 5.74) is 6.66. The second kappa shape index (κ2) is 11.3. The van der Waals surface area contributed by atoms with Crippen LogP contribution in [0.2, 0.25) is 0 Å². The molecule has 16 heteroatoms. The summed E-state index contributed by atoms with van der Waals surface area (Å²) in [6.45, 7) is 4.66. The van der Waals surface area contributed by atoms with Crippen LogP contribution < -0.4 is 11.1 Å². The van der Waals surface area contributed by atoms with Crippen LogP contribution in [0, 0.1) is 23.5 Å². The lowest BCUT2D eigenvalue weighted by atomic mass is 9.95. The normalized spacial score (nSPS) is 19.9. The van der Waals surface area contributed by atoms with E-state index in [0.29, 0.717) is 16.3 Å². The smallest absolute Gasteiger partial charge is 0.293 e. The summed E-state index contributed by atoms with van der Waals surface area (Å²) < 4.78 is 89.3. The molecule has 250 valence electrons. The average molecular weight is 670 g/mol. The lowest BCUT2D eigenvalue weighted by molar-refractivity contribution is -0.123. The monoisotopic (exact) mass is 669 g/mol. The van der Waals surface area contributed by atoms with Crippen LogP contribution in [-0.2, 0) is 23.7 Å². The summed E-state index contributed by atoms with van der Waals surface area (Å²) in [6, 6.07) is 5.18. The molecule has 1 aromatic carbocycles. The highest BCUT2D eigenvalue weighted by atomic mass is 19.3. The number of alkyl halides is 4. The van der Waals surface area contributed by atoms with Crippen molar-refractivity contribution in [2.24, 2.45) is 11.8 Å². The van der Waals surface area contributed by atoms with Crippen LogP contribution in [-0.4, -0.2) is 40.3 Å². The van der Waals surface area contributed by atoms with E-state index in [2.05, 4.69) is 30.5 Å². The number of pyridine rings is 1. The van der Waals surface area contributed by atoms with Gasteiger partial charge in [-0.3, -0.25) is 14.5 Å². The van der Waals surface area contributed by atoms with E-state index in [1.807, 2.05) is 13.8 Å². The Bertz CT molecular complexity index is 2040. The van der Waals surface area contributed by atoms with E-state index in [4.69, 9.17) is 5.73 Å². The van der Waals surface area contributed by atoms with Gasteiger partial charge in [-0.2, -0.15) is 28.5 Å². The summed E-state index contributed by atoms with van der Waals surface area (Å²) in [5, 5.41) is 10.6. The van der Waals surface area contributed by atoms with Gasteiger partial charge in [0, 0.05) is 46.5 Å². The summed E-state index contributed by atoms with van der Waals surface area (Å²) in [6.07, 6.45) is -0.588. The van der Waals surface area contributed by atoms with Crippen LogP contribution in [0.1, 0.15) is 79.0 Å². The Labute approximate surface area is 269 Å². The van der Waals surface area contributed by atoms with Crippen molar-refractivity contribution in [3.63, 3.8) is 0 Å². The number of rotatable bonds is 9. The number of nitrogens with one attached hydrogen (secondary N) is 1. The standard InChI is InChI=1S/C32H29F6N9O/c1-13(2)19-5-4-16(10-40-19)23-26(44-31-41-12-42-47(31)30(23)39)20(8-15-6-17(33)9-18(34)7-15)43-21(48)11-46-28-24(27(45-46)29(35)36)22-14(3)25(22)32(28,37)38/h4-7,9-10,12-14,20,22,25,29H,8,11,39H2,1-3H3,(H,43,48)/t14-,20+,22?,25?/m1/s1. The minimum atomic E-state index is -3.46.